The summed E-state index contributed by atoms with van der Waals surface area (Å²) >= 11 is 0. The Kier molecular flexibility index (Phi) is 8.35. The van der Waals surface area contributed by atoms with Crippen LogP contribution in [0.5, 0.6) is 0 Å². The van der Waals surface area contributed by atoms with E-state index in [0.717, 1.165) is 24.8 Å². The van der Waals surface area contributed by atoms with Gasteiger partial charge >= 0.3 is 20.4 Å². The van der Waals surface area contributed by atoms with Gasteiger partial charge in [0.15, 0.2) is 11.6 Å². The fourth-order valence-electron chi connectivity index (χ4n) is 1.90. The SMILES string of the molecule is C[C@@H](CS(=O)(=O)F)c1ncc(F)cn1.C[C@H](CS(=O)(=O)F)c1ncc(F)cn1. The van der Waals surface area contributed by atoms with E-state index >= 15 is 0 Å². The summed E-state index contributed by atoms with van der Waals surface area (Å²) in [4.78, 5) is 14.2. The largest absolute Gasteiger partial charge is 0.303 e. The van der Waals surface area contributed by atoms with Crippen molar-refractivity contribution in [3.05, 3.63) is 48.1 Å². The second-order valence-corrected chi connectivity index (χ2v) is 8.55. The highest BCUT2D eigenvalue weighted by molar-refractivity contribution is 7.86. The summed E-state index contributed by atoms with van der Waals surface area (Å²) in [6, 6.07) is 0. The number of nitrogens with zero attached hydrogens (tertiary/aromatic N) is 4. The van der Waals surface area contributed by atoms with Gasteiger partial charge in [-0.25, -0.2) is 28.7 Å². The van der Waals surface area contributed by atoms with Crippen LogP contribution in [0.3, 0.4) is 0 Å². The molecule has 0 fully saturated rings. The van der Waals surface area contributed by atoms with Crippen LogP contribution in [0.25, 0.3) is 0 Å². The molecular formula is C14H16F4N4O4S2. The maximum absolute atomic E-state index is 12.4. The standard InChI is InChI=1S/2C7H8F2N2O2S/c2*1-5(4-14(9,12)13)7-10-2-6(8)3-11-7/h2*2-3,5H,4H2,1H3/t2*5-/m10/s1. The molecule has 0 aliphatic carbocycles. The molecule has 2 heterocycles. The van der Waals surface area contributed by atoms with E-state index in [1.54, 1.807) is 0 Å². The lowest BCUT2D eigenvalue weighted by Gasteiger charge is -2.05. The van der Waals surface area contributed by atoms with Gasteiger partial charge in [0.2, 0.25) is 0 Å². The normalized spacial score (nSPS) is 13.9. The van der Waals surface area contributed by atoms with Gasteiger partial charge in [0, 0.05) is 11.8 Å². The van der Waals surface area contributed by atoms with Crippen molar-refractivity contribution >= 4 is 20.4 Å². The van der Waals surface area contributed by atoms with Crippen LogP contribution in [-0.4, -0.2) is 48.3 Å². The molecule has 14 heteroatoms. The van der Waals surface area contributed by atoms with Crippen molar-refractivity contribution in [3.63, 3.8) is 0 Å². The first kappa shape index (κ1) is 23.8. The molecule has 2 atom stereocenters. The Bertz CT molecular complexity index is 890. The average molecular weight is 444 g/mol. The molecule has 0 aliphatic heterocycles. The average Bonchev–Trinajstić information content (AvgIpc) is 2.53. The Morgan fingerprint density at radius 2 is 0.964 bits per heavy atom. The number of hydrogen-bond acceptors (Lipinski definition) is 8. The van der Waals surface area contributed by atoms with Gasteiger partial charge in [-0.2, -0.15) is 16.8 Å². The van der Waals surface area contributed by atoms with Crippen LogP contribution in [0.2, 0.25) is 0 Å². The van der Waals surface area contributed by atoms with Crippen molar-refractivity contribution in [2.24, 2.45) is 0 Å². The Labute approximate surface area is 159 Å². The third-order valence-electron chi connectivity index (χ3n) is 3.06. The Morgan fingerprint density at radius 3 is 1.18 bits per heavy atom. The maximum atomic E-state index is 12.4. The van der Waals surface area contributed by atoms with Crippen LogP contribution >= 0.6 is 0 Å². The molecule has 2 rings (SSSR count). The van der Waals surface area contributed by atoms with Crippen LogP contribution in [-0.2, 0) is 20.4 Å². The molecule has 2 aromatic heterocycles. The van der Waals surface area contributed by atoms with Crippen molar-refractivity contribution in [3.8, 4) is 0 Å². The molecule has 0 amide bonds. The lowest BCUT2D eigenvalue weighted by atomic mass is 10.2. The second kappa shape index (κ2) is 9.82. The lowest BCUT2D eigenvalue weighted by molar-refractivity contribution is 0.541. The van der Waals surface area contributed by atoms with Crippen LogP contribution in [0, 0.1) is 11.6 Å². The number of halogens is 4. The molecule has 28 heavy (non-hydrogen) atoms. The van der Waals surface area contributed by atoms with Crippen LogP contribution in [0.1, 0.15) is 37.3 Å². The smallest absolute Gasteiger partial charge is 0.238 e. The van der Waals surface area contributed by atoms with Gasteiger partial charge in [-0.1, -0.05) is 13.8 Å². The van der Waals surface area contributed by atoms with Gasteiger partial charge in [-0.3, -0.25) is 0 Å². The highest BCUT2D eigenvalue weighted by Crippen LogP contribution is 2.14. The predicted molar refractivity (Wildman–Crippen MR) is 90.6 cm³/mol. The first-order valence-corrected chi connectivity index (χ1v) is 10.7. The topological polar surface area (TPSA) is 120 Å². The lowest BCUT2D eigenvalue weighted by Crippen LogP contribution is -2.10. The summed E-state index contributed by atoms with van der Waals surface area (Å²) in [6.07, 6.45) is 3.63. The maximum Gasteiger partial charge on any atom is 0.303 e. The highest BCUT2D eigenvalue weighted by Gasteiger charge is 2.18. The Morgan fingerprint density at radius 1 is 0.714 bits per heavy atom. The van der Waals surface area contributed by atoms with Crippen molar-refractivity contribution in [1.82, 2.24) is 19.9 Å². The fourth-order valence-corrected chi connectivity index (χ4v) is 3.39. The van der Waals surface area contributed by atoms with Gasteiger partial charge in [0.25, 0.3) is 0 Å². The number of rotatable bonds is 6. The molecule has 0 radical (unpaired) electrons. The summed E-state index contributed by atoms with van der Waals surface area (Å²) in [5.74, 6) is -3.80. The second-order valence-electron chi connectivity index (χ2n) is 5.73. The zero-order valence-corrected chi connectivity index (χ0v) is 16.3. The molecule has 0 spiro atoms. The van der Waals surface area contributed by atoms with Crippen LogP contribution in [0.4, 0.5) is 16.6 Å². The Balaban J connectivity index is 0.000000280. The number of hydrogen-bond donors (Lipinski definition) is 0. The predicted octanol–water partition coefficient (Wildman–Crippen LogP) is 2.04. The van der Waals surface area contributed by atoms with E-state index in [4.69, 9.17) is 0 Å². The summed E-state index contributed by atoms with van der Waals surface area (Å²) in [6.45, 7) is 2.90. The van der Waals surface area contributed by atoms with Gasteiger partial charge in [0.1, 0.15) is 11.6 Å². The fraction of sp³-hybridized carbons (Fsp3) is 0.429. The molecule has 0 N–H and O–H groups in total. The van der Waals surface area contributed by atoms with Crippen LogP contribution < -0.4 is 0 Å². The van der Waals surface area contributed by atoms with Crippen molar-refractivity contribution in [2.45, 2.75) is 25.7 Å². The third kappa shape index (κ3) is 9.64. The number of aromatic nitrogens is 4. The van der Waals surface area contributed by atoms with E-state index in [9.17, 15) is 33.4 Å². The van der Waals surface area contributed by atoms with Gasteiger partial charge in [0.05, 0.1) is 36.3 Å². The molecule has 2 aromatic rings. The summed E-state index contributed by atoms with van der Waals surface area (Å²) < 4.78 is 90.4. The molecule has 0 unspecified atom stereocenters. The van der Waals surface area contributed by atoms with E-state index in [2.05, 4.69) is 19.9 Å². The zero-order chi connectivity index (χ0) is 21.5. The molecular weight excluding hydrogens is 428 g/mol. The van der Waals surface area contributed by atoms with Gasteiger partial charge in [-0.05, 0) is 0 Å². The minimum Gasteiger partial charge on any atom is -0.238 e. The van der Waals surface area contributed by atoms with Gasteiger partial charge in [-0.15, -0.1) is 7.77 Å². The monoisotopic (exact) mass is 444 g/mol. The first-order chi connectivity index (χ1) is 12.8. The minimum absolute atomic E-state index is 0.104. The van der Waals surface area contributed by atoms with Crippen molar-refractivity contribution in [1.29, 1.82) is 0 Å². The zero-order valence-electron chi connectivity index (χ0n) is 14.6. The molecule has 0 bridgehead atoms. The summed E-state index contributed by atoms with van der Waals surface area (Å²) in [5, 5.41) is 0. The summed E-state index contributed by atoms with van der Waals surface area (Å²) in [5.41, 5.74) is 0. The quantitative estimate of drug-likeness (QED) is 0.490. The molecule has 8 nitrogen and oxygen atoms in total. The van der Waals surface area contributed by atoms with Crippen LogP contribution in [0.15, 0.2) is 24.8 Å². The molecule has 0 saturated carbocycles. The van der Waals surface area contributed by atoms with E-state index in [0.29, 0.717) is 0 Å². The van der Waals surface area contributed by atoms with E-state index in [1.807, 2.05) is 0 Å². The summed E-state index contributed by atoms with van der Waals surface area (Å²) in [7, 11) is -9.11. The highest BCUT2D eigenvalue weighted by atomic mass is 32.3. The van der Waals surface area contributed by atoms with E-state index < -0.39 is 55.4 Å². The van der Waals surface area contributed by atoms with Gasteiger partial charge < -0.3 is 0 Å². The molecule has 0 aromatic carbocycles. The molecule has 0 aliphatic rings. The van der Waals surface area contributed by atoms with Crippen molar-refractivity contribution < 1.29 is 33.4 Å². The molecule has 156 valence electrons. The van der Waals surface area contributed by atoms with E-state index in [-0.39, 0.29) is 11.6 Å². The van der Waals surface area contributed by atoms with E-state index in [1.165, 1.54) is 13.8 Å². The third-order valence-corrected chi connectivity index (χ3v) is 4.86. The Hall–Kier alpha value is -2.22. The van der Waals surface area contributed by atoms with Crippen molar-refractivity contribution in [2.75, 3.05) is 11.5 Å². The first-order valence-electron chi connectivity index (χ1n) is 7.56. The minimum atomic E-state index is -4.56. The molecule has 0 saturated heterocycles.